The van der Waals surface area contributed by atoms with E-state index in [4.69, 9.17) is 4.74 Å². The first-order chi connectivity index (χ1) is 17.6. The van der Waals surface area contributed by atoms with Crippen LogP contribution in [0.4, 0.5) is 38.0 Å². The van der Waals surface area contributed by atoms with E-state index in [-0.39, 0.29) is 17.2 Å². The number of imidazole rings is 1. The summed E-state index contributed by atoms with van der Waals surface area (Å²) < 4.78 is 86.4. The standard InChI is InChI=1S/C24H20F6N6O/c25-23(26,27)16-3-5-17(6-4-16)33-22-34-19(14-35-8-10-37-11-9-35)20-12-15(13-32-36(20)22)21-18(24(28,29)30)2-1-7-31-21/h1-7,12-13H,8-11,14H2,(H,33,34). The number of pyridine rings is 1. The van der Waals surface area contributed by atoms with Gasteiger partial charge in [0.15, 0.2) is 0 Å². The number of hydrogen-bond acceptors (Lipinski definition) is 6. The van der Waals surface area contributed by atoms with Crippen molar-refractivity contribution in [2.24, 2.45) is 0 Å². The predicted molar refractivity (Wildman–Crippen MR) is 122 cm³/mol. The molecule has 13 heteroatoms. The van der Waals surface area contributed by atoms with Crippen LogP contribution in [0.15, 0.2) is 54.9 Å². The maximum Gasteiger partial charge on any atom is 0.418 e. The molecule has 0 spiro atoms. The quantitative estimate of drug-likeness (QED) is 0.354. The number of ether oxygens (including phenoxy) is 1. The van der Waals surface area contributed by atoms with Crippen LogP contribution in [0.25, 0.3) is 16.8 Å². The summed E-state index contributed by atoms with van der Waals surface area (Å²) in [6.45, 7) is 2.74. The van der Waals surface area contributed by atoms with Crippen molar-refractivity contribution >= 4 is 17.2 Å². The molecule has 0 atom stereocenters. The Hall–Kier alpha value is -3.71. The summed E-state index contributed by atoms with van der Waals surface area (Å²) in [5.74, 6) is 0.210. The van der Waals surface area contributed by atoms with Crippen molar-refractivity contribution in [2.75, 3.05) is 31.6 Å². The average molecular weight is 522 g/mol. The zero-order valence-electron chi connectivity index (χ0n) is 19.1. The number of anilines is 2. The van der Waals surface area contributed by atoms with Crippen molar-refractivity contribution in [3.8, 4) is 11.3 Å². The van der Waals surface area contributed by atoms with Gasteiger partial charge in [-0.05, 0) is 42.5 Å². The first kappa shape index (κ1) is 25.0. The molecule has 0 aliphatic carbocycles. The molecular formula is C24H20F6N6O. The number of nitrogens with one attached hydrogen (secondary N) is 1. The third kappa shape index (κ3) is 5.37. The van der Waals surface area contributed by atoms with Crippen LogP contribution in [0.1, 0.15) is 16.8 Å². The lowest BCUT2D eigenvalue weighted by molar-refractivity contribution is -0.138. The molecule has 37 heavy (non-hydrogen) atoms. The summed E-state index contributed by atoms with van der Waals surface area (Å²) in [5.41, 5.74) is -0.471. The van der Waals surface area contributed by atoms with Crippen molar-refractivity contribution in [1.82, 2.24) is 24.5 Å². The highest BCUT2D eigenvalue weighted by molar-refractivity contribution is 5.71. The number of alkyl halides is 6. The van der Waals surface area contributed by atoms with Crippen molar-refractivity contribution < 1.29 is 31.1 Å². The van der Waals surface area contributed by atoms with E-state index < -0.39 is 23.5 Å². The van der Waals surface area contributed by atoms with Gasteiger partial charge in [-0.3, -0.25) is 9.88 Å². The first-order valence-electron chi connectivity index (χ1n) is 11.2. The van der Waals surface area contributed by atoms with Crippen molar-refractivity contribution in [2.45, 2.75) is 18.9 Å². The highest BCUT2D eigenvalue weighted by Crippen LogP contribution is 2.36. The molecule has 1 aliphatic heterocycles. The number of hydrogen-bond donors (Lipinski definition) is 1. The van der Waals surface area contributed by atoms with E-state index in [1.807, 2.05) is 0 Å². The Bertz CT molecular complexity index is 1390. The monoisotopic (exact) mass is 522 g/mol. The molecule has 3 aromatic heterocycles. The topological polar surface area (TPSA) is 67.6 Å². The summed E-state index contributed by atoms with van der Waals surface area (Å²) in [7, 11) is 0. The van der Waals surface area contributed by atoms with Crippen LogP contribution in [0.5, 0.6) is 0 Å². The highest BCUT2D eigenvalue weighted by Gasteiger charge is 2.34. The lowest BCUT2D eigenvalue weighted by Gasteiger charge is -2.25. The van der Waals surface area contributed by atoms with E-state index in [2.05, 4.69) is 25.3 Å². The molecule has 1 saturated heterocycles. The fourth-order valence-electron chi connectivity index (χ4n) is 4.07. The molecule has 0 unspecified atom stereocenters. The summed E-state index contributed by atoms with van der Waals surface area (Å²) in [6.07, 6.45) is -6.55. The molecule has 0 saturated carbocycles. The number of aromatic nitrogens is 4. The number of rotatable bonds is 5. The van der Waals surface area contributed by atoms with Crippen LogP contribution in [0, 0.1) is 0 Å². The maximum absolute atomic E-state index is 13.6. The fourth-order valence-corrected chi connectivity index (χ4v) is 4.07. The van der Waals surface area contributed by atoms with Gasteiger partial charge in [-0.25, -0.2) is 4.98 Å². The zero-order chi connectivity index (χ0) is 26.2. The molecule has 1 N–H and O–H groups in total. The highest BCUT2D eigenvalue weighted by atomic mass is 19.4. The second-order valence-electron chi connectivity index (χ2n) is 8.41. The molecule has 1 aliphatic rings. The second kappa shape index (κ2) is 9.63. The molecule has 4 aromatic rings. The summed E-state index contributed by atoms with van der Waals surface area (Å²) in [6, 6.07) is 8.12. The lowest BCUT2D eigenvalue weighted by atomic mass is 10.1. The number of fused-ring (bicyclic) bond motifs is 1. The minimum absolute atomic E-state index is 0.157. The van der Waals surface area contributed by atoms with Gasteiger partial charge >= 0.3 is 12.4 Å². The van der Waals surface area contributed by atoms with Crippen molar-refractivity contribution in [3.05, 3.63) is 71.7 Å². The summed E-state index contributed by atoms with van der Waals surface area (Å²) in [4.78, 5) is 10.6. The smallest absolute Gasteiger partial charge is 0.379 e. The molecule has 1 aromatic carbocycles. The minimum atomic E-state index is -4.61. The van der Waals surface area contributed by atoms with Crippen LogP contribution in [-0.2, 0) is 23.6 Å². The fraction of sp³-hybridized carbons (Fsp3) is 0.292. The van der Waals surface area contributed by atoms with Crippen LogP contribution < -0.4 is 5.32 Å². The Morgan fingerprint density at radius 2 is 1.68 bits per heavy atom. The Balaban J connectivity index is 1.56. The van der Waals surface area contributed by atoms with Gasteiger partial charge in [0.25, 0.3) is 0 Å². The number of halogens is 6. The Morgan fingerprint density at radius 3 is 2.35 bits per heavy atom. The van der Waals surface area contributed by atoms with Crippen LogP contribution in [-0.4, -0.2) is 50.8 Å². The van der Waals surface area contributed by atoms with Gasteiger partial charge in [0, 0.05) is 37.1 Å². The van der Waals surface area contributed by atoms with Gasteiger partial charge in [-0.2, -0.15) is 36.0 Å². The molecule has 4 heterocycles. The minimum Gasteiger partial charge on any atom is -0.379 e. The van der Waals surface area contributed by atoms with Gasteiger partial charge in [0.05, 0.1) is 47.4 Å². The first-order valence-corrected chi connectivity index (χ1v) is 11.2. The van der Waals surface area contributed by atoms with E-state index in [1.54, 1.807) is 0 Å². The number of nitrogens with zero attached hydrogens (tertiary/aromatic N) is 5. The SMILES string of the molecule is FC(F)(F)c1ccc(Nc2nc(CN3CCOCC3)c3cc(-c4ncccc4C(F)(F)F)cnn23)cc1. The zero-order valence-corrected chi connectivity index (χ0v) is 19.1. The van der Waals surface area contributed by atoms with E-state index >= 15 is 0 Å². The molecule has 5 rings (SSSR count). The van der Waals surface area contributed by atoms with Gasteiger partial charge < -0.3 is 10.1 Å². The number of benzene rings is 1. The lowest BCUT2D eigenvalue weighted by Crippen LogP contribution is -2.35. The molecule has 0 amide bonds. The Kier molecular flexibility index (Phi) is 6.50. The van der Waals surface area contributed by atoms with Crippen LogP contribution >= 0.6 is 0 Å². The van der Waals surface area contributed by atoms with Gasteiger partial charge in [-0.15, -0.1) is 0 Å². The van der Waals surface area contributed by atoms with E-state index in [9.17, 15) is 26.3 Å². The van der Waals surface area contributed by atoms with Crippen molar-refractivity contribution in [1.29, 1.82) is 0 Å². The third-order valence-corrected chi connectivity index (χ3v) is 5.90. The summed E-state index contributed by atoms with van der Waals surface area (Å²) >= 11 is 0. The normalized spacial score (nSPS) is 15.3. The van der Waals surface area contributed by atoms with E-state index in [1.165, 1.54) is 41.2 Å². The molecule has 194 valence electrons. The van der Waals surface area contributed by atoms with E-state index in [0.29, 0.717) is 49.7 Å². The molecule has 0 bridgehead atoms. The number of morpholine rings is 1. The van der Waals surface area contributed by atoms with Crippen molar-refractivity contribution in [3.63, 3.8) is 0 Å². The molecule has 0 radical (unpaired) electrons. The second-order valence-corrected chi connectivity index (χ2v) is 8.41. The Labute approximate surface area is 206 Å². The molecule has 1 fully saturated rings. The van der Waals surface area contributed by atoms with E-state index in [0.717, 1.165) is 18.2 Å². The van der Waals surface area contributed by atoms with Crippen LogP contribution in [0.3, 0.4) is 0 Å². The maximum atomic E-state index is 13.6. The molecular weight excluding hydrogens is 502 g/mol. The van der Waals surface area contributed by atoms with Gasteiger partial charge in [0.1, 0.15) is 0 Å². The van der Waals surface area contributed by atoms with Gasteiger partial charge in [0.2, 0.25) is 5.95 Å². The van der Waals surface area contributed by atoms with Gasteiger partial charge in [-0.1, -0.05) is 0 Å². The third-order valence-electron chi connectivity index (χ3n) is 5.90. The predicted octanol–water partition coefficient (Wildman–Crippen LogP) is 5.40. The molecule has 7 nitrogen and oxygen atoms in total. The average Bonchev–Trinajstić information content (AvgIpc) is 3.20. The Morgan fingerprint density at radius 1 is 0.946 bits per heavy atom. The largest absolute Gasteiger partial charge is 0.418 e. The summed E-state index contributed by atoms with van der Waals surface area (Å²) in [5, 5.41) is 7.27. The van der Waals surface area contributed by atoms with Crippen LogP contribution in [0.2, 0.25) is 0 Å².